The maximum atomic E-state index is 13.8. The fourth-order valence-electron chi connectivity index (χ4n) is 3.52. The summed E-state index contributed by atoms with van der Waals surface area (Å²) in [6.07, 6.45) is 3.32. The summed E-state index contributed by atoms with van der Waals surface area (Å²) >= 11 is 0. The molecule has 5 heteroatoms. The van der Waals surface area contributed by atoms with E-state index >= 15 is 0 Å². The van der Waals surface area contributed by atoms with Crippen molar-refractivity contribution in [2.75, 3.05) is 11.9 Å². The lowest BCUT2D eigenvalue weighted by Crippen LogP contribution is -2.36. The van der Waals surface area contributed by atoms with Crippen LogP contribution in [-0.4, -0.2) is 18.5 Å². The van der Waals surface area contributed by atoms with Gasteiger partial charge in [0.05, 0.1) is 11.1 Å². The monoisotopic (exact) mass is 355 g/mol. The SMILES string of the molecule is Cc1ccc(NC(=O)COC(=O)C2(c3ccccc3)CCCC2)c(F)c1. The highest BCUT2D eigenvalue weighted by Gasteiger charge is 2.44. The molecule has 0 radical (unpaired) electrons. The molecule has 3 rings (SSSR count). The molecule has 0 bridgehead atoms. The Bertz CT molecular complexity index is 798. The molecule has 1 saturated carbocycles. The Kier molecular flexibility index (Phi) is 5.35. The second-order valence-corrected chi connectivity index (χ2v) is 6.76. The molecule has 2 aromatic carbocycles. The molecule has 0 heterocycles. The lowest BCUT2D eigenvalue weighted by molar-refractivity contribution is -0.153. The van der Waals surface area contributed by atoms with Crippen molar-refractivity contribution in [2.24, 2.45) is 0 Å². The number of hydrogen-bond donors (Lipinski definition) is 1. The van der Waals surface area contributed by atoms with E-state index in [1.54, 1.807) is 13.0 Å². The summed E-state index contributed by atoms with van der Waals surface area (Å²) in [6.45, 7) is 1.34. The minimum Gasteiger partial charge on any atom is -0.455 e. The van der Waals surface area contributed by atoms with Crippen LogP contribution in [0.1, 0.15) is 36.8 Å². The first-order chi connectivity index (χ1) is 12.5. The fourth-order valence-corrected chi connectivity index (χ4v) is 3.52. The smallest absolute Gasteiger partial charge is 0.317 e. The molecule has 1 aliphatic carbocycles. The third kappa shape index (κ3) is 3.77. The van der Waals surface area contributed by atoms with Crippen molar-refractivity contribution in [1.29, 1.82) is 0 Å². The predicted molar refractivity (Wildman–Crippen MR) is 97.3 cm³/mol. The Morgan fingerprint density at radius 1 is 1.12 bits per heavy atom. The van der Waals surface area contributed by atoms with E-state index in [1.807, 2.05) is 30.3 Å². The Morgan fingerprint density at radius 3 is 2.46 bits per heavy atom. The van der Waals surface area contributed by atoms with Gasteiger partial charge in [-0.25, -0.2) is 4.39 Å². The number of aryl methyl sites for hydroxylation is 1. The van der Waals surface area contributed by atoms with Crippen LogP contribution in [0, 0.1) is 12.7 Å². The van der Waals surface area contributed by atoms with E-state index in [0.29, 0.717) is 12.8 Å². The highest BCUT2D eigenvalue weighted by Crippen LogP contribution is 2.42. The first-order valence-electron chi connectivity index (χ1n) is 8.80. The number of halogens is 1. The van der Waals surface area contributed by atoms with Crippen LogP contribution in [0.25, 0.3) is 0 Å². The lowest BCUT2D eigenvalue weighted by Gasteiger charge is -2.27. The second-order valence-electron chi connectivity index (χ2n) is 6.76. The van der Waals surface area contributed by atoms with Gasteiger partial charge in [-0.3, -0.25) is 9.59 Å². The van der Waals surface area contributed by atoms with Gasteiger partial charge in [-0.15, -0.1) is 0 Å². The van der Waals surface area contributed by atoms with Gasteiger partial charge >= 0.3 is 5.97 Å². The van der Waals surface area contributed by atoms with E-state index in [2.05, 4.69) is 5.32 Å². The number of carbonyl (C=O) groups is 2. The summed E-state index contributed by atoms with van der Waals surface area (Å²) in [5.74, 6) is -1.45. The van der Waals surface area contributed by atoms with Crippen molar-refractivity contribution < 1.29 is 18.7 Å². The number of ether oxygens (including phenoxy) is 1. The number of rotatable bonds is 5. The number of amides is 1. The zero-order chi connectivity index (χ0) is 18.6. The quantitative estimate of drug-likeness (QED) is 0.821. The average molecular weight is 355 g/mol. The molecule has 0 unspecified atom stereocenters. The molecule has 1 aliphatic rings. The molecular weight excluding hydrogens is 333 g/mol. The zero-order valence-electron chi connectivity index (χ0n) is 14.8. The summed E-state index contributed by atoms with van der Waals surface area (Å²) < 4.78 is 19.1. The number of benzene rings is 2. The normalized spacial score (nSPS) is 15.5. The zero-order valence-corrected chi connectivity index (χ0v) is 14.8. The first-order valence-corrected chi connectivity index (χ1v) is 8.80. The highest BCUT2D eigenvalue weighted by atomic mass is 19.1. The minimum absolute atomic E-state index is 0.0790. The third-order valence-corrected chi connectivity index (χ3v) is 4.91. The van der Waals surface area contributed by atoms with Crippen LogP contribution in [0.2, 0.25) is 0 Å². The van der Waals surface area contributed by atoms with Crippen LogP contribution in [-0.2, 0) is 19.7 Å². The Morgan fingerprint density at radius 2 is 1.81 bits per heavy atom. The van der Waals surface area contributed by atoms with E-state index in [1.165, 1.54) is 12.1 Å². The van der Waals surface area contributed by atoms with E-state index in [9.17, 15) is 14.0 Å². The van der Waals surface area contributed by atoms with Gasteiger partial charge in [-0.05, 0) is 43.0 Å². The van der Waals surface area contributed by atoms with Crippen LogP contribution in [0.15, 0.2) is 48.5 Å². The van der Waals surface area contributed by atoms with Crippen molar-refractivity contribution in [3.05, 3.63) is 65.5 Å². The van der Waals surface area contributed by atoms with Gasteiger partial charge in [-0.1, -0.05) is 49.2 Å². The van der Waals surface area contributed by atoms with E-state index in [0.717, 1.165) is 24.0 Å². The minimum atomic E-state index is -0.684. The molecule has 26 heavy (non-hydrogen) atoms. The second kappa shape index (κ2) is 7.68. The number of anilines is 1. The van der Waals surface area contributed by atoms with Crippen LogP contribution in [0.5, 0.6) is 0 Å². The largest absolute Gasteiger partial charge is 0.455 e. The molecule has 1 amide bonds. The van der Waals surface area contributed by atoms with Gasteiger partial charge < -0.3 is 10.1 Å². The molecule has 1 N–H and O–H groups in total. The van der Waals surface area contributed by atoms with Crippen molar-refractivity contribution >= 4 is 17.6 Å². The number of esters is 1. The maximum absolute atomic E-state index is 13.8. The van der Waals surface area contributed by atoms with Gasteiger partial charge in [0.15, 0.2) is 6.61 Å². The summed E-state index contributed by atoms with van der Waals surface area (Å²) in [7, 11) is 0. The molecule has 0 atom stereocenters. The summed E-state index contributed by atoms with van der Waals surface area (Å²) in [4.78, 5) is 24.8. The number of carbonyl (C=O) groups excluding carboxylic acids is 2. The van der Waals surface area contributed by atoms with Crippen molar-refractivity contribution in [1.82, 2.24) is 0 Å². The Balaban J connectivity index is 1.64. The molecule has 0 saturated heterocycles. The summed E-state index contributed by atoms with van der Waals surface area (Å²) in [5.41, 5.74) is 1.08. The summed E-state index contributed by atoms with van der Waals surface area (Å²) in [6, 6.07) is 14.1. The van der Waals surface area contributed by atoms with Crippen LogP contribution in [0.3, 0.4) is 0 Å². The van der Waals surface area contributed by atoms with Crippen LogP contribution in [0.4, 0.5) is 10.1 Å². The molecular formula is C21H22FNO3. The van der Waals surface area contributed by atoms with E-state index < -0.39 is 23.7 Å². The molecule has 0 aliphatic heterocycles. The highest BCUT2D eigenvalue weighted by molar-refractivity contribution is 5.94. The average Bonchev–Trinajstić information content (AvgIpc) is 3.14. The molecule has 4 nitrogen and oxygen atoms in total. The van der Waals surface area contributed by atoms with Gasteiger partial charge in [0.25, 0.3) is 5.91 Å². The van der Waals surface area contributed by atoms with Gasteiger partial charge in [0.2, 0.25) is 0 Å². The topological polar surface area (TPSA) is 55.4 Å². The Labute approximate surface area is 152 Å². The van der Waals surface area contributed by atoms with Gasteiger partial charge in [0.1, 0.15) is 5.82 Å². The molecule has 1 fully saturated rings. The molecule has 2 aromatic rings. The van der Waals surface area contributed by atoms with Crippen molar-refractivity contribution in [3.63, 3.8) is 0 Å². The fraction of sp³-hybridized carbons (Fsp3) is 0.333. The van der Waals surface area contributed by atoms with E-state index in [4.69, 9.17) is 4.74 Å². The van der Waals surface area contributed by atoms with Crippen LogP contribution < -0.4 is 5.32 Å². The standard InChI is InChI=1S/C21H22FNO3/c1-15-9-10-18(17(22)13-15)23-19(24)14-26-20(25)21(11-5-6-12-21)16-7-3-2-4-8-16/h2-4,7-10,13H,5-6,11-12,14H2,1H3,(H,23,24). The number of nitrogens with one attached hydrogen (secondary N) is 1. The first kappa shape index (κ1) is 18.1. The lowest BCUT2D eigenvalue weighted by atomic mass is 9.79. The number of hydrogen-bond acceptors (Lipinski definition) is 3. The third-order valence-electron chi connectivity index (χ3n) is 4.91. The molecule has 0 spiro atoms. The van der Waals surface area contributed by atoms with Crippen molar-refractivity contribution in [2.45, 2.75) is 38.0 Å². The molecule has 136 valence electrons. The predicted octanol–water partition coefficient (Wildman–Crippen LogP) is 4.13. The molecule has 0 aromatic heterocycles. The Hall–Kier alpha value is -2.69. The summed E-state index contributed by atoms with van der Waals surface area (Å²) in [5, 5.41) is 2.44. The van der Waals surface area contributed by atoms with Gasteiger partial charge in [0, 0.05) is 0 Å². The van der Waals surface area contributed by atoms with Crippen LogP contribution >= 0.6 is 0 Å². The van der Waals surface area contributed by atoms with Gasteiger partial charge in [-0.2, -0.15) is 0 Å². The van der Waals surface area contributed by atoms with Crippen molar-refractivity contribution in [3.8, 4) is 0 Å². The maximum Gasteiger partial charge on any atom is 0.317 e. The van der Waals surface area contributed by atoms with E-state index in [-0.39, 0.29) is 11.7 Å².